The third-order valence-corrected chi connectivity index (χ3v) is 3.52. The Morgan fingerprint density at radius 2 is 1.79 bits per heavy atom. The number of aliphatic imine (C=N–C) groups is 1. The number of carbonyl (C=O) groups excluding carboxylic acids is 1. The van der Waals surface area contributed by atoms with Gasteiger partial charge in [-0.25, -0.2) is 4.79 Å². The van der Waals surface area contributed by atoms with Crippen molar-refractivity contribution in [3.8, 4) is 5.75 Å². The number of carbonyl (C=O) groups is 1. The highest BCUT2D eigenvalue weighted by molar-refractivity contribution is 14.0. The van der Waals surface area contributed by atoms with Crippen LogP contribution in [0.15, 0.2) is 23.2 Å². The monoisotopic (exact) mass is 522 g/mol. The standard InChI is InChI=1S/C20H34N4O4.HI/c1-15-7-8-16(17(13-15)27-12-11-26-6)14-24-18(21-5)22-9-10-23-19(25)28-20(2,3)4;/h7-8,13H,9-12,14H2,1-6H3,(H,23,25)(H2,21,22,24);1H. The van der Waals surface area contributed by atoms with Crippen molar-refractivity contribution in [3.63, 3.8) is 0 Å². The Morgan fingerprint density at radius 3 is 2.41 bits per heavy atom. The number of benzene rings is 1. The number of amides is 1. The molecule has 0 heterocycles. The maximum absolute atomic E-state index is 11.6. The summed E-state index contributed by atoms with van der Waals surface area (Å²) in [5.74, 6) is 1.46. The highest BCUT2D eigenvalue weighted by Gasteiger charge is 2.15. The van der Waals surface area contributed by atoms with Gasteiger partial charge in [-0.05, 0) is 39.3 Å². The third kappa shape index (κ3) is 12.4. The Hall–Kier alpha value is -1.75. The van der Waals surface area contributed by atoms with E-state index in [9.17, 15) is 4.79 Å². The van der Waals surface area contributed by atoms with Gasteiger partial charge in [0.1, 0.15) is 18.0 Å². The van der Waals surface area contributed by atoms with Crippen LogP contribution in [0.2, 0.25) is 0 Å². The second kappa shape index (κ2) is 14.3. The lowest BCUT2D eigenvalue weighted by molar-refractivity contribution is 0.0529. The van der Waals surface area contributed by atoms with Crippen LogP contribution < -0.4 is 20.7 Å². The first kappa shape index (κ1) is 27.2. The largest absolute Gasteiger partial charge is 0.491 e. The van der Waals surface area contributed by atoms with Crippen LogP contribution in [-0.4, -0.2) is 58.1 Å². The van der Waals surface area contributed by atoms with Crippen molar-refractivity contribution in [3.05, 3.63) is 29.3 Å². The fraction of sp³-hybridized carbons (Fsp3) is 0.600. The number of rotatable bonds is 9. The molecule has 1 aromatic rings. The molecule has 1 rings (SSSR count). The summed E-state index contributed by atoms with van der Waals surface area (Å²) in [6.07, 6.45) is -0.435. The molecule has 0 aromatic heterocycles. The number of guanidine groups is 1. The molecule has 8 nitrogen and oxygen atoms in total. The number of nitrogens with zero attached hydrogens (tertiary/aromatic N) is 1. The van der Waals surface area contributed by atoms with E-state index in [1.54, 1.807) is 14.2 Å². The van der Waals surface area contributed by atoms with Gasteiger partial charge in [-0.2, -0.15) is 0 Å². The van der Waals surface area contributed by atoms with E-state index in [2.05, 4.69) is 20.9 Å². The maximum Gasteiger partial charge on any atom is 0.407 e. The summed E-state index contributed by atoms with van der Waals surface area (Å²) in [5.41, 5.74) is 1.65. The molecule has 166 valence electrons. The Bertz CT molecular complexity index is 648. The molecule has 29 heavy (non-hydrogen) atoms. The number of halogens is 1. The van der Waals surface area contributed by atoms with Gasteiger partial charge in [0.2, 0.25) is 0 Å². The minimum Gasteiger partial charge on any atom is -0.491 e. The molecule has 0 aliphatic carbocycles. The fourth-order valence-corrected chi connectivity index (χ4v) is 2.24. The van der Waals surface area contributed by atoms with Crippen molar-refractivity contribution in [1.82, 2.24) is 16.0 Å². The first-order chi connectivity index (χ1) is 13.2. The third-order valence-electron chi connectivity index (χ3n) is 3.52. The molecule has 0 atom stereocenters. The van der Waals surface area contributed by atoms with E-state index in [1.807, 2.05) is 45.9 Å². The normalized spacial score (nSPS) is 11.3. The highest BCUT2D eigenvalue weighted by atomic mass is 127. The predicted molar refractivity (Wildman–Crippen MR) is 126 cm³/mol. The van der Waals surface area contributed by atoms with E-state index in [4.69, 9.17) is 14.2 Å². The smallest absolute Gasteiger partial charge is 0.407 e. The Morgan fingerprint density at radius 1 is 1.10 bits per heavy atom. The zero-order chi connectivity index (χ0) is 21.0. The Labute approximate surface area is 191 Å². The van der Waals surface area contributed by atoms with E-state index in [1.165, 1.54) is 0 Å². The molecule has 0 aliphatic rings. The zero-order valence-electron chi connectivity index (χ0n) is 18.3. The topological polar surface area (TPSA) is 93.2 Å². The van der Waals surface area contributed by atoms with Gasteiger partial charge in [0.15, 0.2) is 5.96 Å². The van der Waals surface area contributed by atoms with Crippen molar-refractivity contribution in [2.75, 3.05) is 40.5 Å². The van der Waals surface area contributed by atoms with Crippen LogP contribution in [0.25, 0.3) is 0 Å². The van der Waals surface area contributed by atoms with Gasteiger partial charge < -0.3 is 30.2 Å². The molecular formula is C20H35IN4O4. The highest BCUT2D eigenvalue weighted by Crippen LogP contribution is 2.20. The molecule has 0 bridgehead atoms. The van der Waals surface area contributed by atoms with Gasteiger partial charge in [-0.1, -0.05) is 12.1 Å². The van der Waals surface area contributed by atoms with Crippen LogP contribution in [-0.2, 0) is 16.0 Å². The summed E-state index contributed by atoms with van der Waals surface area (Å²) in [6.45, 7) is 10.0. The number of aryl methyl sites for hydroxylation is 1. The molecule has 1 aromatic carbocycles. The van der Waals surface area contributed by atoms with Crippen LogP contribution in [0.4, 0.5) is 4.79 Å². The molecule has 0 saturated carbocycles. The number of ether oxygens (including phenoxy) is 3. The first-order valence-electron chi connectivity index (χ1n) is 9.38. The molecule has 0 unspecified atom stereocenters. The Balaban J connectivity index is 0.00000784. The summed E-state index contributed by atoms with van der Waals surface area (Å²) in [6, 6.07) is 6.08. The summed E-state index contributed by atoms with van der Waals surface area (Å²) in [4.78, 5) is 15.8. The summed E-state index contributed by atoms with van der Waals surface area (Å²) in [5, 5.41) is 9.09. The van der Waals surface area contributed by atoms with Gasteiger partial charge in [0, 0.05) is 39.4 Å². The second-order valence-electron chi connectivity index (χ2n) is 7.23. The average Bonchev–Trinajstić information content (AvgIpc) is 2.61. The number of methoxy groups -OCH3 is 1. The van der Waals surface area contributed by atoms with Crippen molar-refractivity contribution in [2.24, 2.45) is 4.99 Å². The Kier molecular flexibility index (Phi) is 13.4. The predicted octanol–water partition coefficient (Wildman–Crippen LogP) is 2.83. The van der Waals surface area contributed by atoms with Crippen LogP contribution >= 0.6 is 24.0 Å². The number of nitrogens with one attached hydrogen (secondary N) is 3. The molecule has 9 heteroatoms. The van der Waals surface area contributed by atoms with E-state index >= 15 is 0 Å². The number of hydrogen-bond acceptors (Lipinski definition) is 5. The number of alkyl carbamates (subject to hydrolysis) is 1. The number of hydrogen-bond donors (Lipinski definition) is 3. The maximum atomic E-state index is 11.6. The van der Waals surface area contributed by atoms with Gasteiger partial charge >= 0.3 is 6.09 Å². The molecule has 0 radical (unpaired) electrons. The molecule has 0 saturated heterocycles. The van der Waals surface area contributed by atoms with Crippen molar-refractivity contribution >= 4 is 36.0 Å². The van der Waals surface area contributed by atoms with Gasteiger partial charge in [-0.3, -0.25) is 4.99 Å². The van der Waals surface area contributed by atoms with Crippen molar-refractivity contribution < 1.29 is 19.0 Å². The van der Waals surface area contributed by atoms with Gasteiger partial charge in [0.25, 0.3) is 0 Å². The molecular weight excluding hydrogens is 487 g/mol. The molecule has 1 amide bonds. The average molecular weight is 522 g/mol. The van der Waals surface area contributed by atoms with Gasteiger partial charge in [0.05, 0.1) is 6.61 Å². The minimum absolute atomic E-state index is 0. The molecule has 0 spiro atoms. The van der Waals surface area contributed by atoms with Gasteiger partial charge in [-0.15, -0.1) is 24.0 Å². The zero-order valence-corrected chi connectivity index (χ0v) is 20.6. The lowest BCUT2D eigenvalue weighted by atomic mass is 10.1. The quantitative estimate of drug-likeness (QED) is 0.200. The summed E-state index contributed by atoms with van der Waals surface area (Å²) in [7, 11) is 3.34. The van der Waals surface area contributed by atoms with Crippen LogP contribution in [0, 0.1) is 6.92 Å². The summed E-state index contributed by atoms with van der Waals surface area (Å²) < 4.78 is 16.0. The van der Waals surface area contributed by atoms with Crippen LogP contribution in [0.1, 0.15) is 31.9 Å². The fourth-order valence-electron chi connectivity index (χ4n) is 2.24. The van der Waals surface area contributed by atoms with Crippen LogP contribution in [0.3, 0.4) is 0 Å². The lowest BCUT2D eigenvalue weighted by Gasteiger charge is -2.20. The van der Waals surface area contributed by atoms with E-state index < -0.39 is 11.7 Å². The molecule has 3 N–H and O–H groups in total. The second-order valence-corrected chi connectivity index (χ2v) is 7.23. The minimum atomic E-state index is -0.508. The first-order valence-corrected chi connectivity index (χ1v) is 9.38. The van der Waals surface area contributed by atoms with E-state index in [0.717, 1.165) is 16.9 Å². The van der Waals surface area contributed by atoms with Crippen LogP contribution in [0.5, 0.6) is 5.75 Å². The van der Waals surface area contributed by atoms with E-state index in [0.29, 0.717) is 38.8 Å². The summed E-state index contributed by atoms with van der Waals surface area (Å²) >= 11 is 0. The molecule has 0 fully saturated rings. The SMILES string of the molecule is CN=C(NCCNC(=O)OC(C)(C)C)NCc1ccc(C)cc1OCCOC.I. The van der Waals surface area contributed by atoms with Crippen molar-refractivity contribution in [1.29, 1.82) is 0 Å². The molecule has 0 aliphatic heterocycles. The van der Waals surface area contributed by atoms with E-state index in [-0.39, 0.29) is 24.0 Å². The lowest BCUT2D eigenvalue weighted by Crippen LogP contribution is -2.42. The van der Waals surface area contributed by atoms with Crippen molar-refractivity contribution in [2.45, 2.75) is 39.8 Å².